The van der Waals surface area contributed by atoms with Crippen molar-refractivity contribution in [3.8, 4) is 0 Å². The van der Waals surface area contributed by atoms with Crippen LogP contribution in [0.5, 0.6) is 0 Å². The third kappa shape index (κ3) is 3.12. The zero-order valence-electron chi connectivity index (χ0n) is 11.4. The van der Waals surface area contributed by atoms with Crippen molar-refractivity contribution in [3.05, 3.63) is 35.9 Å². The summed E-state index contributed by atoms with van der Waals surface area (Å²) in [6.45, 7) is 4.98. The van der Waals surface area contributed by atoms with Crippen molar-refractivity contribution in [1.29, 1.82) is 0 Å². The van der Waals surface area contributed by atoms with E-state index in [1.807, 2.05) is 6.07 Å². The Bertz CT molecular complexity index is 363. The summed E-state index contributed by atoms with van der Waals surface area (Å²) in [5.74, 6) is 1.81. The van der Waals surface area contributed by atoms with Gasteiger partial charge in [0.05, 0.1) is 6.10 Å². The van der Waals surface area contributed by atoms with Crippen molar-refractivity contribution in [1.82, 2.24) is 0 Å². The number of benzene rings is 1. The summed E-state index contributed by atoms with van der Waals surface area (Å²) in [6, 6.07) is 10.5. The van der Waals surface area contributed by atoms with Crippen LogP contribution in [0, 0.1) is 17.8 Å². The van der Waals surface area contributed by atoms with Crippen molar-refractivity contribution in [2.75, 3.05) is 6.54 Å². The Morgan fingerprint density at radius 3 is 2.50 bits per heavy atom. The van der Waals surface area contributed by atoms with Gasteiger partial charge in [0.25, 0.3) is 0 Å². The standard InChI is InChI=1S/C16H25NO/c1-11(2)8-13(10-17)16(18)15-9-14(15)12-6-4-3-5-7-12/h3-7,11,13-16,18H,8-10,17H2,1-2H3. The average molecular weight is 247 g/mol. The first-order chi connectivity index (χ1) is 8.63. The van der Waals surface area contributed by atoms with Crippen LogP contribution >= 0.6 is 0 Å². The van der Waals surface area contributed by atoms with Gasteiger partial charge in [0.2, 0.25) is 0 Å². The molecule has 1 aliphatic carbocycles. The summed E-state index contributed by atoms with van der Waals surface area (Å²) in [4.78, 5) is 0. The first kappa shape index (κ1) is 13.6. The summed E-state index contributed by atoms with van der Waals surface area (Å²) < 4.78 is 0. The molecule has 0 bridgehead atoms. The van der Waals surface area contributed by atoms with E-state index in [-0.39, 0.29) is 12.0 Å². The van der Waals surface area contributed by atoms with Crippen molar-refractivity contribution in [2.24, 2.45) is 23.5 Å². The molecule has 2 heteroatoms. The first-order valence-electron chi connectivity index (χ1n) is 7.06. The van der Waals surface area contributed by atoms with Gasteiger partial charge in [-0.1, -0.05) is 44.2 Å². The molecular formula is C16H25NO. The van der Waals surface area contributed by atoms with E-state index in [2.05, 4.69) is 38.1 Å². The number of aliphatic hydroxyl groups is 1. The molecule has 1 aromatic rings. The molecule has 1 saturated carbocycles. The maximum atomic E-state index is 10.4. The largest absolute Gasteiger partial charge is 0.392 e. The summed E-state index contributed by atoms with van der Waals surface area (Å²) in [5, 5.41) is 10.4. The molecule has 0 amide bonds. The van der Waals surface area contributed by atoms with Crippen molar-refractivity contribution in [2.45, 2.75) is 38.7 Å². The number of nitrogens with two attached hydrogens (primary N) is 1. The molecule has 0 heterocycles. The van der Waals surface area contributed by atoms with Gasteiger partial charge in [-0.15, -0.1) is 0 Å². The molecule has 1 aromatic carbocycles. The molecule has 18 heavy (non-hydrogen) atoms. The Kier molecular flexibility index (Phi) is 4.41. The van der Waals surface area contributed by atoms with Gasteiger partial charge < -0.3 is 10.8 Å². The van der Waals surface area contributed by atoms with Gasteiger partial charge in [-0.25, -0.2) is 0 Å². The highest BCUT2D eigenvalue weighted by Gasteiger charge is 2.45. The molecular weight excluding hydrogens is 222 g/mol. The second-order valence-corrected chi connectivity index (χ2v) is 6.03. The van der Waals surface area contributed by atoms with Gasteiger partial charge in [-0.05, 0) is 48.6 Å². The van der Waals surface area contributed by atoms with Gasteiger partial charge in [0.15, 0.2) is 0 Å². The van der Waals surface area contributed by atoms with E-state index in [0.29, 0.717) is 24.3 Å². The number of aliphatic hydroxyl groups excluding tert-OH is 1. The molecule has 3 N–H and O–H groups in total. The van der Waals surface area contributed by atoms with Crippen LogP contribution in [-0.4, -0.2) is 17.8 Å². The van der Waals surface area contributed by atoms with Crippen LogP contribution in [0.15, 0.2) is 30.3 Å². The van der Waals surface area contributed by atoms with Gasteiger partial charge in [-0.2, -0.15) is 0 Å². The highest BCUT2D eigenvalue weighted by molar-refractivity contribution is 5.26. The normalized spacial score (nSPS) is 26.1. The Balaban J connectivity index is 1.94. The molecule has 0 spiro atoms. The van der Waals surface area contributed by atoms with E-state index < -0.39 is 0 Å². The molecule has 0 aromatic heterocycles. The fraction of sp³-hybridized carbons (Fsp3) is 0.625. The minimum absolute atomic E-state index is 0.234. The zero-order chi connectivity index (χ0) is 13.1. The summed E-state index contributed by atoms with van der Waals surface area (Å²) in [5.41, 5.74) is 7.17. The predicted octanol–water partition coefficient (Wildman–Crippen LogP) is 2.77. The van der Waals surface area contributed by atoms with E-state index in [1.165, 1.54) is 5.56 Å². The van der Waals surface area contributed by atoms with Gasteiger partial charge >= 0.3 is 0 Å². The van der Waals surface area contributed by atoms with Crippen LogP contribution < -0.4 is 5.73 Å². The Labute approximate surface area is 110 Å². The SMILES string of the molecule is CC(C)CC(CN)C(O)C1CC1c1ccccc1. The molecule has 4 atom stereocenters. The van der Waals surface area contributed by atoms with Gasteiger partial charge in [-0.3, -0.25) is 0 Å². The Morgan fingerprint density at radius 1 is 1.28 bits per heavy atom. The molecule has 2 nitrogen and oxygen atoms in total. The van der Waals surface area contributed by atoms with Gasteiger partial charge in [0, 0.05) is 0 Å². The van der Waals surface area contributed by atoms with Crippen LogP contribution in [0.25, 0.3) is 0 Å². The highest BCUT2D eigenvalue weighted by Crippen LogP contribution is 2.51. The highest BCUT2D eigenvalue weighted by atomic mass is 16.3. The topological polar surface area (TPSA) is 46.2 Å². The third-order valence-corrected chi connectivity index (χ3v) is 4.07. The van der Waals surface area contributed by atoms with Gasteiger partial charge in [0.1, 0.15) is 0 Å². The number of rotatable bonds is 6. The second kappa shape index (κ2) is 5.85. The van der Waals surface area contributed by atoms with E-state index in [4.69, 9.17) is 5.73 Å². The average Bonchev–Trinajstić information content (AvgIpc) is 3.16. The lowest BCUT2D eigenvalue weighted by molar-refractivity contribution is 0.0772. The number of hydrogen-bond acceptors (Lipinski definition) is 2. The van der Waals surface area contributed by atoms with E-state index in [9.17, 15) is 5.11 Å². The third-order valence-electron chi connectivity index (χ3n) is 4.07. The lowest BCUT2D eigenvalue weighted by Crippen LogP contribution is -2.31. The molecule has 1 aliphatic rings. The lowest BCUT2D eigenvalue weighted by atomic mass is 9.88. The van der Waals surface area contributed by atoms with Crippen LogP contribution in [-0.2, 0) is 0 Å². The minimum atomic E-state index is -0.234. The zero-order valence-corrected chi connectivity index (χ0v) is 11.4. The molecule has 0 aliphatic heterocycles. The smallest absolute Gasteiger partial charge is 0.0614 e. The molecule has 100 valence electrons. The summed E-state index contributed by atoms with van der Waals surface area (Å²) in [6.07, 6.45) is 1.90. The minimum Gasteiger partial charge on any atom is -0.392 e. The Hall–Kier alpha value is -0.860. The maximum Gasteiger partial charge on any atom is 0.0614 e. The van der Waals surface area contributed by atoms with Crippen molar-refractivity contribution >= 4 is 0 Å². The fourth-order valence-electron chi connectivity index (χ4n) is 3.01. The molecule has 1 fully saturated rings. The summed E-state index contributed by atoms with van der Waals surface area (Å²) >= 11 is 0. The molecule has 4 unspecified atom stereocenters. The summed E-state index contributed by atoms with van der Waals surface area (Å²) in [7, 11) is 0. The van der Waals surface area contributed by atoms with E-state index in [1.54, 1.807) is 0 Å². The Morgan fingerprint density at radius 2 is 1.94 bits per heavy atom. The number of hydrogen-bond donors (Lipinski definition) is 2. The quantitative estimate of drug-likeness (QED) is 0.812. The predicted molar refractivity (Wildman–Crippen MR) is 75.3 cm³/mol. The van der Waals surface area contributed by atoms with E-state index in [0.717, 1.165) is 12.8 Å². The second-order valence-electron chi connectivity index (χ2n) is 6.03. The van der Waals surface area contributed by atoms with Crippen LogP contribution in [0.4, 0.5) is 0 Å². The van der Waals surface area contributed by atoms with Crippen molar-refractivity contribution < 1.29 is 5.11 Å². The van der Waals surface area contributed by atoms with Crippen LogP contribution in [0.1, 0.15) is 38.2 Å². The lowest BCUT2D eigenvalue weighted by Gasteiger charge is -2.23. The van der Waals surface area contributed by atoms with E-state index >= 15 is 0 Å². The molecule has 2 rings (SSSR count). The first-order valence-corrected chi connectivity index (χ1v) is 7.06. The monoisotopic (exact) mass is 247 g/mol. The molecule has 0 radical (unpaired) electrons. The fourth-order valence-corrected chi connectivity index (χ4v) is 3.01. The maximum absolute atomic E-state index is 10.4. The van der Waals surface area contributed by atoms with Crippen LogP contribution in [0.3, 0.4) is 0 Å². The van der Waals surface area contributed by atoms with Crippen LogP contribution in [0.2, 0.25) is 0 Å². The molecule has 0 saturated heterocycles. The van der Waals surface area contributed by atoms with Crippen molar-refractivity contribution in [3.63, 3.8) is 0 Å².